The summed E-state index contributed by atoms with van der Waals surface area (Å²) in [5, 5.41) is 2.42. The highest BCUT2D eigenvalue weighted by Gasteiger charge is 2.27. The highest BCUT2D eigenvalue weighted by atomic mass is 32.2. The van der Waals surface area contributed by atoms with Gasteiger partial charge in [0.15, 0.2) is 0 Å². The number of carbonyl (C=O) groups excluding carboxylic acids is 1. The molecule has 0 saturated carbocycles. The largest absolute Gasteiger partial charge is 0.358 e. The number of nitrogens with zero attached hydrogens (tertiary/aromatic N) is 1. The van der Waals surface area contributed by atoms with E-state index in [9.17, 15) is 13.2 Å². The molecular weight excluding hydrogens is 276 g/mol. The molecule has 0 aromatic heterocycles. The predicted octanol–water partition coefficient (Wildman–Crippen LogP) is 0.981. The van der Waals surface area contributed by atoms with Crippen LogP contribution in [0.2, 0.25) is 0 Å². The summed E-state index contributed by atoms with van der Waals surface area (Å²) in [6, 6.07) is 7.75. The maximum absolute atomic E-state index is 12.4. The summed E-state index contributed by atoms with van der Waals surface area (Å²) in [5.74, 6) is -0.326. The summed E-state index contributed by atoms with van der Waals surface area (Å²) in [6.45, 7) is -0.169. The van der Waals surface area contributed by atoms with E-state index in [4.69, 9.17) is 0 Å². The molecule has 0 heterocycles. The molecule has 1 N–H and O–H groups in total. The van der Waals surface area contributed by atoms with Crippen LogP contribution >= 0.6 is 0 Å². The molecule has 20 heavy (non-hydrogen) atoms. The van der Waals surface area contributed by atoms with Gasteiger partial charge in [-0.1, -0.05) is 24.3 Å². The monoisotopic (exact) mass is 294 g/mol. The van der Waals surface area contributed by atoms with Crippen LogP contribution in [-0.4, -0.2) is 39.3 Å². The molecule has 1 aromatic rings. The number of rotatable bonds is 4. The lowest BCUT2D eigenvalue weighted by Gasteiger charge is -2.21. The van der Waals surface area contributed by atoms with E-state index >= 15 is 0 Å². The van der Waals surface area contributed by atoms with Gasteiger partial charge in [-0.2, -0.15) is 4.31 Å². The van der Waals surface area contributed by atoms with Gasteiger partial charge in [-0.25, -0.2) is 8.42 Å². The summed E-state index contributed by atoms with van der Waals surface area (Å²) in [4.78, 5) is 11.7. The van der Waals surface area contributed by atoms with Crippen molar-refractivity contribution >= 4 is 22.0 Å². The van der Waals surface area contributed by atoms with E-state index in [1.807, 2.05) is 24.3 Å². The minimum Gasteiger partial charge on any atom is -0.358 e. The van der Waals surface area contributed by atoms with Crippen LogP contribution in [-0.2, 0) is 21.2 Å². The lowest BCUT2D eigenvalue weighted by atomic mass is 9.98. The molecule has 0 aliphatic heterocycles. The number of fused-ring (bicyclic) bond motifs is 1. The van der Waals surface area contributed by atoms with Gasteiger partial charge in [-0.15, -0.1) is 0 Å². The third kappa shape index (κ3) is 2.91. The first-order valence-corrected chi connectivity index (χ1v) is 7.84. The van der Waals surface area contributed by atoms with Crippen LogP contribution < -0.4 is 5.32 Å². The number of benzene rings is 1. The first-order valence-electron chi connectivity index (χ1n) is 6.40. The number of likely N-dealkylation sites (N-methyl/N-ethyl adjacent to an activating group) is 2. The number of hydrogen-bond donors (Lipinski definition) is 1. The van der Waals surface area contributed by atoms with E-state index in [1.165, 1.54) is 14.1 Å². The molecule has 108 valence electrons. The molecule has 0 radical (unpaired) electrons. The Morgan fingerprint density at radius 3 is 2.70 bits per heavy atom. The Morgan fingerprint density at radius 1 is 1.30 bits per heavy atom. The van der Waals surface area contributed by atoms with Crippen molar-refractivity contribution in [3.05, 3.63) is 40.3 Å². The lowest BCUT2D eigenvalue weighted by molar-refractivity contribution is -0.120. The normalized spacial score (nSPS) is 14.7. The Hall–Kier alpha value is -1.66. The second-order valence-electron chi connectivity index (χ2n) is 4.74. The zero-order valence-electron chi connectivity index (χ0n) is 11.6. The summed E-state index contributed by atoms with van der Waals surface area (Å²) < 4.78 is 25.9. The lowest BCUT2D eigenvalue weighted by Crippen LogP contribution is -2.37. The van der Waals surface area contributed by atoms with Crippen LogP contribution in [0.1, 0.15) is 17.5 Å². The molecule has 0 saturated heterocycles. The topological polar surface area (TPSA) is 66.5 Å². The Kier molecular flexibility index (Phi) is 4.25. The average molecular weight is 294 g/mol. The third-order valence-electron chi connectivity index (χ3n) is 3.40. The molecule has 1 aromatic carbocycles. The van der Waals surface area contributed by atoms with E-state index in [2.05, 4.69) is 5.32 Å². The maximum Gasteiger partial charge on any atom is 0.239 e. The molecule has 1 aliphatic carbocycles. The molecule has 1 amide bonds. The SMILES string of the molecule is CNC(=O)CN(C)S(=O)(=O)C1=Cc2ccccc2CC1. The van der Waals surface area contributed by atoms with Gasteiger partial charge in [0, 0.05) is 14.1 Å². The predicted molar refractivity (Wildman–Crippen MR) is 78.4 cm³/mol. The highest BCUT2D eigenvalue weighted by molar-refractivity contribution is 7.93. The van der Waals surface area contributed by atoms with Crippen molar-refractivity contribution in [3.8, 4) is 0 Å². The van der Waals surface area contributed by atoms with Gasteiger partial charge in [-0.05, 0) is 30.0 Å². The summed E-state index contributed by atoms with van der Waals surface area (Å²) in [6.07, 6.45) is 2.88. The van der Waals surface area contributed by atoms with E-state index in [0.717, 1.165) is 15.4 Å². The molecule has 0 unspecified atom stereocenters. The van der Waals surface area contributed by atoms with Crippen molar-refractivity contribution < 1.29 is 13.2 Å². The van der Waals surface area contributed by atoms with Crippen molar-refractivity contribution in [2.45, 2.75) is 12.8 Å². The molecule has 6 heteroatoms. The Labute approximate surface area is 119 Å². The van der Waals surface area contributed by atoms with Gasteiger partial charge in [0.05, 0.1) is 11.4 Å². The van der Waals surface area contributed by atoms with E-state index in [-0.39, 0.29) is 12.5 Å². The van der Waals surface area contributed by atoms with Crippen LogP contribution in [0.25, 0.3) is 6.08 Å². The number of sulfonamides is 1. The quantitative estimate of drug-likeness (QED) is 0.900. The summed E-state index contributed by atoms with van der Waals surface area (Å²) in [7, 11) is -0.669. The zero-order valence-corrected chi connectivity index (χ0v) is 12.4. The number of nitrogens with one attached hydrogen (secondary N) is 1. The molecular formula is C14H18N2O3S. The Morgan fingerprint density at radius 2 is 2.00 bits per heavy atom. The van der Waals surface area contributed by atoms with Crippen molar-refractivity contribution in [1.82, 2.24) is 9.62 Å². The summed E-state index contributed by atoms with van der Waals surface area (Å²) in [5.41, 5.74) is 2.09. The van der Waals surface area contributed by atoms with E-state index in [0.29, 0.717) is 17.7 Å². The fourth-order valence-electron chi connectivity index (χ4n) is 2.18. The van der Waals surface area contributed by atoms with Crippen LogP contribution in [0.5, 0.6) is 0 Å². The van der Waals surface area contributed by atoms with Crippen molar-refractivity contribution in [1.29, 1.82) is 0 Å². The second kappa shape index (κ2) is 5.76. The van der Waals surface area contributed by atoms with Crippen LogP contribution in [0, 0.1) is 0 Å². The van der Waals surface area contributed by atoms with Gasteiger partial charge in [0.2, 0.25) is 15.9 Å². The van der Waals surface area contributed by atoms with Gasteiger partial charge in [0.25, 0.3) is 0 Å². The fourth-order valence-corrected chi connectivity index (χ4v) is 3.50. The van der Waals surface area contributed by atoms with Crippen molar-refractivity contribution in [3.63, 3.8) is 0 Å². The first kappa shape index (κ1) is 14.7. The smallest absolute Gasteiger partial charge is 0.239 e. The number of allylic oxidation sites excluding steroid dienone is 1. The average Bonchev–Trinajstić information content (AvgIpc) is 2.46. The number of aryl methyl sites for hydroxylation is 1. The maximum atomic E-state index is 12.4. The van der Waals surface area contributed by atoms with Crippen LogP contribution in [0.3, 0.4) is 0 Å². The number of carbonyl (C=O) groups is 1. The highest BCUT2D eigenvalue weighted by Crippen LogP contribution is 2.28. The van der Waals surface area contributed by atoms with E-state index < -0.39 is 10.0 Å². The van der Waals surface area contributed by atoms with Gasteiger partial charge >= 0.3 is 0 Å². The first-order chi connectivity index (χ1) is 9.45. The van der Waals surface area contributed by atoms with Crippen LogP contribution in [0.4, 0.5) is 0 Å². The third-order valence-corrected chi connectivity index (χ3v) is 5.33. The molecule has 2 rings (SSSR count). The molecule has 0 atom stereocenters. The molecule has 0 fully saturated rings. The number of hydrogen-bond acceptors (Lipinski definition) is 3. The van der Waals surface area contributed by atoms with Gasteiger partial charge in [0.1, 0.15) is 0 Å². The molecule has 5 nitrogen and oxygen atoms in total. The van der Waals surface area contributed by atoms with Gasteiger partial charge < -0.3 is 5.32 Å². The molecule has 0 bridgehead atoms. The van der Waals surface area contributed by atoms with Gasteiger partial charge in [-0.3, -0.25) is 4.79 Å². The molecule has 0 spiro atoms. The molecule has 1 aliphatic rings. The standard InChI is InChI=1S/C14H18N2O3S/c1-15-14(17)10-16(2)20(18,19)13-8-7-11-5-3-4-6-12(11)9-13/h3-6,9H,7-8,10H2,1-2H3,(H,15,17). The second-order valence-corrected chi connectivity index (χ2v) is 6.84. The van der Waals surface area contributed by atoms with Crippen molar-refractivity contribution in [2.75, 3.05) is 20.6 Å². The minimum absolute atomic E-state index is 0.169. The van der Waals surface area contributed by atoms with E-state index in [1.54, 1.807) is 6.08 Å². The Balaban J connectivity index is 2.27. The van der Waals surface area contributed by atoms with Crippen molar-refractivity contribution in [2.24, 2.45) is 0 Å². The number of amides is 1. The fraction of sp³-hybridized carbons (Fsp3) is 0.357. The van der Waals surface area contributed by atoms with Crippen LogP contribution in [0.15, 0.2) is 29.2 Å². The zero-order chi connectivity index (χ0) is 14.8. The summed E-state index contributed by atoms with van der Waals surface area (Å²) >= 11 is 0. The Bertz CT molecular complexity index is 650. The minimum atomic E-state index is -3.58.